The maximum atomic E-state index is 5.47. The van der Waals surface area contributed by atoms with E-state index in [0.29, 0.717) is 6.54 Å². The largest absolute Gasteiger partial charge is 0.454 e. The van der Waals surface area contributed by atoms with Crippen molar-refractivity contribution in [1.29, 1.82) is 0 Å². The molecule has 0 saturated carbocycles. The molecule has 17 heavy (non-hydrogen) atoms. The molecule has 0 saturated heterocycles. The van der Waals surface area contributed by atoms with Crippen LogP contribution in [0.1, 0.15) is 12.8 Å². The number of ether oxygens (including phenoxy) is 2. The first-order valence-electron chi connectivity index (χ1n) is 5.71. The Labute approximate surface area is 98.3 Å². The number of benzene rings is 1. The van der Waals surface area contributed by atoms with Gasteiger partial charge in [0.2, 0.25) is 6.79 Å². The number of rotatable bonds is 4. The Morgan fingerprint density at radius 1 is 1.24 bits per heavy atom. The van der Waals surface area contributed by atoms with Gasteiger partial charge in [-0.1, -0.05) is 5.21 Å². The van der Waals surface area contributed by atoms with Crippen LogP contribution >= 0.6 is 0 Å². The van der Waals surface area contributed by atoms with E-state index < -0.39 is 0 Å². The van der Waals surface area contributed by atoms with Crippen LogP contribution in [-0.4, -0.2) is 28.3 Å². The lowest BCUT2D eigenvalue weighted by Gasteiger charge is -2.01. The van der Waals surface area contributed by atoms with Gasteiger partial charge in [-0.2, -0.15) is 0 Å². The van der Waals surface area contributed by atoms with E-state index in [2.05, 4.69) is 10.3 Å². The molecular formula is C11H14N4O2. The molecule has 6 heteroatoms. The molecule has 3 rings (SSSR count). The zero-order valence-corrected chi connectivity index (χ0v) is 9.43. The van der Waals surface area contributed by atoms with Crippen molar-refractivity contribution in [2.75, 3.05) is 13.3 Å². The SMILES string of the molecule is NCCCCn1nnc2cc3c(cc21)OCO3. The van der Waals surface area contributed by atoms with Gasteiger partial charge < -0.3 is 15.2 Å². The summed E-state index contributed by atoms with van der Waals surface area (Å²) in [6.45, 7) is 1.81. The molecule has 1 aliphatic heterocycles. The molecule has 0 radical (unpaired) electrons. The molecule has 0 unspecified atom stereocenters. The first kappa shape index (κ1) is 10.3. The number of aromatic nitrogens is 3. The zero-order valence-electron chi connectivity index (χ0n) is 9.43. The minimum Gasteiger partial charge on any atom is -0.454 e. The van der Waals surface area contributed by atoms with E-state index in [1.54, 1.807) is 0 Å². The summed E-state index contributed by atoms with van der Waals surface area (Å²) >= 11 is 0. The first-order valence-corrected chi connectivity index (χ1v) is 5.71. The van der Waals surface area contributed by atoms with Crippen LogP contribution in [0, 0.1) is 0 Å². The number of unbranched alkanes of at least 4 members (excludes halogenated alkanes) is 1. The number of aryl methyl sites for hydroxylation is 1. The third kappa shape index (κ3) is 1.80. The van der Waals surface area contributed by atoms with Gasteiger partial charge in [-0.05, 0) is 19.4 Å². The van der Waals surface area contributed by atoms with E-state index in [1.165, 1.54) is 0 Å². The van der Waals surface area contributed by atoms with E-state index in [9.17, 15) is 0 Å². The Bertz CT molecular complexity index is 537. The molecule has 0 atom stereocenters. The van der Waals surface area contributed by atoms with Gasteiger partial charge in [-0.15, -0.1) is 5.10 Å². The maximum Gasteiger partial charge on any atom is 0.231 e. The maximum absolute atomic E-state index is 5.47. The molecule has 0 spiro atoms. The number of fused-ring (bicyclic) bond motifs is 2. The lowest BCUT2D eigenvalue weighted by atomic mass is 10.2. The summed E-state index contributed by atoms with van der Waals surface area (Å²) in [4.78, 5) is 0. The quantitative estimate of drug-likeness (QED) is 0.795. The van der Waals surface area contributed by atoms with Crippen molar-refractivity contribution in [1.82, 2.24) is 15.0 Å². The Hall–Kier alpha value is -1.82. The molecule has 2 aromatic rings. The molecule has 0 amide bonds. The molecule has 2 heterocycles. The average molecular weight is 234 g/mol. The van der Waals surface area contributed by atoms with Crippen molar-refractivity contribution in [3.8, 4) is 11.5 Å². The Morgan fingerprint density at radius 2 is 2.06 bits per heavy atom. The zero-order chi connectivity index (χ0) is 11.7. The fourth-order valence-electron chi connectivity index (χ4n) is 1.93. The number of nitrogens with zero attached hydrogens (tertiary/aromatic N) is 3. The van der Waals surface area contributed by atoms with Crippen molar-refractivity contribution in [3.63, 3.8) is 0 Å². The second-order valence-corrected chi connectivity index (χ2v) is 4.00. The molecule has 1 aliphatic rings. The smallest absolute Gasteiger partial charge is 0.231 e. The van der Waals surface area contributed by atoms with Gasteiger partial charge in [0.1, 0.15) is 5.52 Å². The van der Waals surface area contributed by atoms with Gasteiger partial charge in [-0.3, -0.25) is 0 Å². The highest BCUT2D eigenvalue weighted by Crippen LogP contribution is 2.35. The highest BCUT2D eigenvalue weighted by molar-refractivity contribution is 5.79. The summed E-state index contributed by atoms with van der Waals surface area (Å²) in [5, 5.41) is 8.24. The van der Waals surface area contributed by atoms with Gasteiger partial charge >= 0.3 is 0 Å². The lowest BCUT2D eigenvalue weighted by Crippen LogP contribution is -2.04. The number of hydrogen-bond acceptors (Lipinski definition) is 5. The van der Waals surface area contributed by atoms with Crippen molar-refractivity contribution in [2.24, 2.45) is 5.73 Å². The van der Waals surface area contributed by atoms with Crippen LogP contribution in [0.2, 0.25) is 0 Å². The van der Waals surface area contributed by atoms with Crippen LogP contribution in [0.25, 0.3) is 11.0 Å². The number of hydrogen-bond donors (Lipinski definition) is 1. The van der Waals surface area contributed by atoms with Crippen LogP contribution in [0.3, 0.4) is 0 Å². The van der Waals surface area contributed by atoms with Crippen LogP contribution in [0.4, 0.5) is 0 Å². The summed E-state index contributed by atoms with van der Waals surface area (Å²) < 4.78 is 12.5. The van der Waals surface area contributed by atoms with Crippen molar-refractivity contribution < 1.29 is 9.47 Å². The number of nitrogens with two attached hydrogens (primary N) is 1. The molecule has 1 aromatic heterocycles. The summed E-state index contributed by atoms with van der Waals surface area (Å²) in [6.07, 6.45) is 2.00. The fourth-order valence-corrected chi connectivity index (χ4v) is 1.93. The van der Waals surface area contributed by atoms with Gasteiger partial charge in [0.05, 0.1) is 5.52 Å². The molecular weight excluding hydrogens is 220 g/mol. The third-order valence-corrected chi connectivity index (χ3v) is 2.83. The highest BCUT2D eigenvalue weighted by Gasteiger charge is 2.17. The summed E-state index contributed by atoms with van der Waals surface area (Å²) in [5.74, 6) is 1.51. The second kappa shape index (κ2) is 4.21. The standard InChI is InChI=1S/C11H14N4O2/c12-3-1-2-4-15-9-6-11-10(16-7-17-11)5-8(9)13-14-15/h5-6H,1-4,7,12H2. The minimum atomic E-state index is 0.280. The third-order valence-electron chi connectivity index (χ3n) is 2.83. The van der Waals surface area contributed by atoms with Crippen LogP contribution in [0.15, 0.2) is 12.1 Å². The van der Waals surface area contributed by atoms with Crippen LogP contribution in [0.5, 0.6) is 11.5 Å². The van der Waals surface area contributed by atoms with E-state index in [4.69, 9.17) is 15.2 Å². The lowest BCUT2D eigenvalue weighted by molar-refractivity contribution is 0.174. The molecule has 1 aromatic carbocycles. The minimum absolute atomic E-state index is 0.280. The molecule has 0 bridgehead atoms. The van der Waals surface area contributed by atoms with E-state index >= 15 is 0 Å². The summed E-state index contributed by atoms with van der Waals surface area (Å²) in [7, 11) is 0. The summed E-state index contributed by atoms with van der Waals surface area (Å²) in [6, 6.07) is 3.80. The van der Waals surface area contributed by atoms with Gasteiger partial charge in [0.15, 0.2) is 11.5 Å². The van der Waals surface area contributed by atoms with E-state index in [-0.39, 0.29) is 6.79 Å². The Morgan fingerprint density at radius 3 is 2.88 bits per heavy atom. The van der Waals surface area contributed by atoms with Gasteiger partial charge in [0, 0.05) is 18.7 Å². The predicted molar refractivity (Wildman–Crippen MR) is 61.9 cm³/mol. The van der Waals surface area contributed by atoms with Crippen LogP contribution < -0.4 is 15.2 Å². The van der Waals surface area contributed by atoms with Crippen molar-refractivity contribution in [3.05, 3.63) is 12.1 Å². The van der Waals surface area contributed by atoms with Gasteiger partial charge in [0.25, 0.3) is 0 Å². The van der Waals surface area contributed by atoms with Gasteiger partial charge in [-0.25, -0.2) is 4.68 Å². The molecule has 90 valence electrons. The normalized spacial score (nSPS) is 13.5. The summed E-state index contributed by atoms with van der Waals surface area (Å²) in [5.41, 5.74) is 7.29. The molecule has 0 fully saturated rings. The molecule has 6 nitrogen and oxygen atoms in total. The first-order chi connectivity index (χ1) is 8.38. The molecule has 2 N–H and O–H groups in total. The van der Waals surface area contributed by atoms with Crippen LogP contribution in [-0.2, 0) is 6.54 Å². The monoisotopic (exact) mass is 234 g/mol. The highest BCUT2D eigenvalue weighted by atomic mass is 16.7. The fraction of sp³-hybridized carbons (Fsp3) is 0.455. The predicted octanol–water partition coefficient (Wildman–Crippen LogP) is 0.899. The van der Waals surface area contributed by atoms with Crippen molar-refractivity contribution in [2.45, 2.75) is 19.4 Å². The Balaban J connectivity index is 1.92. The average Bonchev–Trinajstić information content (AvgIpc) is 2.93. The molecule has 0 aliphatic carbocycles. The van der Waals surface area contributed by atoms with E-state index in [0.717, 1.165) is 41.9 Å². The van der Waals surface area contributed by atoms with E-state index in [1.807, 2.05) is 16.8 Å². The Kier molecular flexibility index (Phi) is 2.56. The second-order valence-electron chi connectivity index (χ2n) is 4.00. The topological polar surface area (TPSA) is 75.2 Å². The van der Waals surface area contributed by atoms with Crippen molar-refractivity contribution >= 4 is 11.0 Å².